The van der Waals surface area contributed by atoms with E-state index in [2.05, 4.69) is 15.1 Å². The highest BCUT2D eigenvalue weighted by atomic mass is 32.1. The molecule has 2 aromatic heterocycles. The summed E-state index contributed by atoms with van der Waals surface area (Å²) in [6.07, 6.45) is 2.46. The van der Waals surface area contributed by atoms with Crippen LogP contribution in [0.2, 0.25) is 0 Å². The standard InChI is InChI=1S/C21H20N4O2S/c1-27-13-7-12-22-14-16-19(15-8-3-2-4-9-15)24-25(20(16)26)21-23-17-10-5-6-11-18(17)28-21/h2-6,8-11,14,24H,7,12-13H2,1H3. The number of H-pyrrole nitrogens is 1. The summed E-state index contributed by atoms with van der Waals surface area (Å²) in [6.45, 7) is 1.25. The number of nitrogens with one attached hydrogen (secondary N) is 1. The summed E-state index contributed by atoms with van der Waals surface area (Å²) in [5.74, 6) is 0. The molecule has 4 aromatic rings. The lowest BCUT2D eigenvalue weighted by molar-refractivity contribution is 0.197. The van der Waals surface area contributed by atoms with Gasteiger partial charge in [0, 0.05) is 32.0 Å². The molecule has 0 amide bonds. The Hall–Kier alpha value is -3.03. The number of benzene rings is 2. The first-order valence-corrected chi connectivity index (χ1v) is 9.84. The highest BCUT2D eigenvalue weighted by molar-refractivity contribution is 7.20. The lowest BCUT2D eigenvalue weighted by Gasteiger charge is -1.99. The van der Waals surface area contributed by atoms with Gasteiger partial charge in [-0.15, -0.1) is 0 Å². The van der Waals surface area contributed by atoms with Crippen molar-refractivity contribution in [2.24, 2.45) is 4.99 Å². The number of aromatic nitrogens is 3. The molecule has 6 nitrogen and oxygen atoms in total. The zero-order valence-corrected chi connectivity index (χ0v) is 16.3. The topological polar surface area (TPSA) is 72.3 Å². The Morgan fingerprint density at radius 2 is 1.96 bits per heavy atom. The molecule has 7 heteroatoms. The van der Waals surface area contributed by atoms with Gasteiger partial charge in [-0.1, -0.05) is 53.8 Å². The molecule has 0 saturated carbocycles. The van der Waals surface area contributed by atoms with E-state index in [1.807, 2.05) is 54.6 Å². The molecule has 0 aliphatic carbocycles. The van der Waals surface area contributed by atoms with Gasteiger partial charge in [0.2, 0.25) is 5.13 Å². The third-order valence-corrected chi connectivity index (χ3v) is 5.34. The van der Waals surface area contributed by atoms with Crippen LogP contribution in [-0.2, 0) is 4.74 Å². The number of aromatic amines is 1. The van der Waals surface area contributed by atoms with E-state index in [4.69, 9.17) is 4.74 Å². The zero-order valence-electron chi connectivity index (χ0n) is 15.5. The van der Waals surface area contributed by atoms with E-state index in [0.29, 0.717) is 23.8 Å². The Morgan fingerprint density at radius 1 is 1.18 bits per heavy atom. The van der Waals surface area contributed by atoms with Crippen LogP contribution in [0.25, 0.3) is 26.6 Å². The van der Waals surface area contributed by atoms with Gasteiger partial charge in [-0.2, -0.15) is 4.68 Å². The molecule has 0 aliphatic rings. The van der Waals surface area contributed by atoms with Crippen molar-refractivity contribution in [3.63, 3.8) is 0 Å². The van der Waals surface area contributed by atoms with E-state index in [9.17, 15) is 4.79 Å². The maximum absolute atomic E-state index is 13.1. The van der Waals surface area contributed by atoms with Crippen LogP contribution in [-0.4, -0.2) is 41.2 Å². The fourth-order valence-electron chi connectivity index (χ4n) is 2.94. The number of hydrogen-bond acceptors (Lipinski definition) is 5. The van der Waals surface area contributed by atoms with Crippen molar-refractivity contribution in [3.8, 4) is 16.4 Å². The predicted octanol–water partition coefficient (Wildman–Crippen LogP) is 3.90. The third-order valence-electron chi connectivity index (χ3n) is 4.32. The molecule has 0 unspecified atom stereocenters. The van der Waals surface area contributed by atoms with Crippen molar-refractivity contribution >= 4 is 27.8 Å². The number of aliphatic imine (C=N–C) groups is 1. The number of nitrogens with zero attached hydrogens (tertiary/aromatic N) is 3. The van der Waals surface area contributed by atoms with Gasteiger partial charge in [0.25, 0.3) is 5.56 Å². The van der Waals surface area contributed by atoms with Crippen LogP contribution in [0.5, 0.6) is 0 Å². The summed E-state index contributed by atoms with van der Waals surface area (Å²) < 4.78 is 7.59. The maximum Gasteiger partial charge on any atom is 0.282 e. The van der Waals surface area contributed by atoms with E-state index in [0.717, 1.165) is 27.9 Å². The first kappa shape index (κ1) is 18.3. The number of hydrogen-bond donors (Lipinski definition) is 1. The summed E-state index contributed by atoms with van der Waals surface area (Å²) in [6, 6.07) is 17.6. The van der Waals surface area contributed by atoms with Gasteiger partial charge in [0.1, 0.15) is 0 Å². The largest absolute Gasteiger partial charge is 0.385 e. The van der Waals surface area contributed by atoms with Crippen molar-refractivity contribution in [3.05, 3.63) is 70.5 Å². The van der Waals surface area contributed by atoms with Crippen LogP contribution in [0.1, 0.15) is 12.0 Å². The zero-order chi connectivity index (χ0) is 19.3. The van der Waals surface area contributed by atoms with Crippen molar-refractivity contribution in [1.29, 1.82) is 0 Å². The van der Waals surface area contributed by atoms with Gasteiger partial charge >= 0.3 is 0 Å². The second-order valence-corrected chi connectivity index (χ2v) is 7.26. The predicted molar refractivity (Wildman–Crippen MR) is 114 cm³/mol. The van der Waals surface area contributed by atoms with Crippen molar-refractivity contribution < 1.29 is 4.74 Å². The van der Waals surface area contributed by atoms with E-state index >= 15 is 0 Å². The molecule has 0 spiro atoms. The molecule has 0 atom stereocenters. The average Bonchev–Trinajstić information content (AvgIpc) is 3.30. The summed E-state index contributed by atoms with van der Waals surface area (Å²) in [5.41, 5.74) is 2.91. The first-order valence-electron chi connectivity index (χ1n) is 9.03. The SMILES string of the molecule is COCCCN=Cc1c(-c2ccccc2)[nH]n(-c2nc3ccccc3s2)c1=O. The number of para-hydroxylation sites is 1. The van der Waals surface area contributed by atoms with Gasteiger partial charge in [0.05, 0.1) is 21.5 Å². The van der Waals surface area contributed by atoms with Gasteiger partial charge in [-0.05, 0) is 18.6 Å². The van der Waals surface area contributed by atoms with Gasteiger partial charge < -0.3 is 4.74 Å². The van der Waals surface area contributed by atoms with Crippen LogP contribution in [0, 0.1) is 0 Å². The molecule has 0 saturated heterocycles. The first-order chi connectivity index (χ1) is 13.8. The fourth-order valence-corrected chi connectivity index (χ4v) is 3.87. The lowest BCUT2D eigenvalue weighted by Crippen LogP contribution is -2.17. The van der Waals surface area contributed by atoms with Gasteiger partial charge in [0.15, 0.2) is 0 Å². The third kappa shape index (κ3) is 3.67. The number of fused-ring (bicyclic) bond motifs is 1. The minimum Gasteiger partial charge on any atom is -0.385 e. The normalized spacial score (nSPS) is 11.6. The molecular weight excluding hydrogens is 372 g/mol. The number of ether oxygens (including phenoxy) is 1. The van der Waals surface area contributed by atoms with Crippen LogP contribution >= 0.6 is 11.3 Å². The van der Waals surface area contributed by atoms with Crippen LogP contribution in [0.3, 0.4) is 0 Å². The van der Waals surface area contributed by atoms with Crippen LogP contribution in [0.15, 0.2) is 64.4 Å². The number of rotatable bonds is 7. The lowest BCUT2D eigenvalue weighted by atomic mass is 10.1. The van der Waals surface area contributed by atoms with E-state index in [-0.39, 0.29) is 5.56 Å². The summed E-state index contributed by atoms with van der Waals surface area (Å²) >= 11 is 1.48. The molecule has 0 radical (unpaired) electrons. The van der Waals surface area contributed by atoms with Crippen LogP contribution < -0.4 is 5.56 Å². The van der Waals surface area contributed by atoms with Crippen molar-refractivity contribution in [2.45, 2.75) is 6.42 Å². The summed E-state index contributed by atoms with van der Waals surface area (Å²) in [4.78, 5) is 22.2. The Bertz CT molecular complexity index is 1130. The van der Waals surface area contributed by atoms with Gasteiger partial charge in [-0.3, -0.25) is 14.9 Å². The molecule has 1 N–H and O–H groups in total. The Labute approximate surface area is 166 Å². The van der Waals surface area contributed by atoms with Crippen LogP contribution in [0.4, 0.5) is 0 Å². The quantitative estimate of drug-likeness (QED) is 0.383. The Balaban J connectivity index is 1.78. The second kappa shape index (κ2) is 8.33. The Kier molecular flexibility index (Phi) is 5.45. The smallest absolute Gasteiger partial charge is 0.282 e. The fraction of sp³-hybridized carbons (Fsp3) is 0.190. The van der Waals surface area contributed by atoms with E-state index < -0.39 is 0 Å². The molecule has 4 rings (SSSR count). The molecule has 0 bridgehead atoms. The van der Waals surface area contributed by atoms with E-state index in [1.54, 1.807) is 13.3 Å². The molecule has 28 heavy (non-hydrogen) atoms. The highest BCUT2D eigenvalue weighted by Crippen LogP contribution is 2.25. The minimum atomic E-state index is -0.159. The Morgan fingerprint density at radius 3 is 2.75 bits per heavy atom. The summed E-state index contributed by atoms with van der Waals surface area (Å²) in [7, 11) is 1.67. The molecule has 0 aliphatic heterocycles. The molecule has 2 heterocycles. The molecule has 2 aromatic carbocycles. The second-order valence-electron chi connectivity index (χ2n) is 6.25. The molecule has 0 fully saturated rings. The number of methoxy groups -OCH3 is 1. The maximum atomic E-state index is 13.1. The van der Waals surface area contributed by atoms with E-state index in [1.165, 1.54) is 16.0 Å². The minimum absolute atomic E-state index is 0.159. The van der Waals surface area contributed by atoms with Crippen molar-refractivity contribution in [2.75, 3.05) is 20.3 Å². The van der Waals surface area contributed by atoms with Crippen molar-refractivity contribution in [1.82, 2.24) is 14.8 Å². The molecular formula is C21H20N4O2S. The summed E-state index contributed by atoms with van der Waals surface area (Å²) in [5, 5.41) is 3.85. The average molecular weight is 392 g/mol. The highest BCUT2D eigenvalue weighted by Gasteiger charge is 2.17. The van der Waals surface area contributed by atoms with Gasteiger partial charge in [-0.25, -0.2) is 4.98 Å². The molecule has 142 valence electrons. The number of thiazole rings is 1. The monoisotopic (exact) mass is 392 g/mol.